The number of hydrogen-bond donors (Lipinski definition) is 1. The van der Waals surface area contributed by atoms with Crippen LogP contribution in [0.1, 0.15) is 60.8 Å². The van der Waals surface area contributed by atoms with Crippen LogP contribution in [0.5, 0.6) is 0 Å². The van der Waals surface area contributed by atoms with Crippen LogP contribution in [0.2, 0.25) is 5.04 Å². The third-order valence-electron chi connectivity index (χ3n) is 9.50. The van der Waals surface area contributed by atoms with Crippen molar-refractivity contribution in [3.63, 3.8) is 0 Å². The maximum absolute atomic E-state index is 10.6. The normalized spacial score (nSPS) is 32.3. The predicted octanol–water partition coefficient (Wildman–Crippen LogP) is 6.13. The van der Waals surface area contributed by atoms with Gasteiger partial charge in [0.15, 0.2) is 0 Å². The maximum atomic E-state index is 10.6. The molecule has 0 radical (unpaired) electrons. The number of rotatable bonds is 6. The molecule has 3 heteroatoms. The zero-order valence-electron chi connectivity index (χ0n) is 22.2. The molecular weight excluding hydrogens is 432 g/mol. The molecule has 2 saturated carbocycles. The van der Waals surface area contributed by atoms with Gasteiger partial charge in [-0.2, -0.15) is 0 Å². The number of aliphatic hydroxyl groups is 1. The highest BCUT2D eigenvalue weighted by atomic mass is 28.4. The minimum absolute atomic E-state index is 0.0183. The van der Waals surface area contributed by atoms with Crippen LogP contribution in [0.15, 0.2) is 60.7 Å². The van der Waals surface area contributed by atoms with Gasteiger partial charge in [-0.05, 0) is 63.3 Å². The fourth-order valence-corrected chi connectivity index (χ4v) is 12.3. The molecule has 0 saturated heterocycles. The van der Waals surface area contributed by atoms with Crippen molar-refractivity contribution in [2.75, 3.05) is 13.2 Å². The minimum Gasteiger partial charge on any atom is -0.407 e. The average Bonchev–Trinajstić information content (AvgIpc) is 2.82. The van der Waals surface area contributed by atoms with Crippen LogP contribution in [0.25, 0.3) is 0 Å². The molecule has 0 aromatic heterocycles. The topological polar surface area (TPSA) is 29.5 Å². The fraction of sp³-hybridized carbons (Fsp3) is 0.613. The van der Waals surface area contributed by atoms with E-state index in [-0.39, 0.29) is 11.6 Å². The molecule has 0 heterocycles. The zero-order chi connectivity index (χ0) is 24.5. The summed E-state index contributed by atoms with van der Waals surface area (Å²) in [5.74, 6) is 4.18. The van der Waals surface area contributed by atoms with E-state index in [0.717, 1.165) is 18.4 Å². The van der Waals surface area contributed by atoms with Gasteiger partial charge in [0, 0.05) is 13.2 Å². The Balaban J connectivity index is 1.77. The number of fused-ring (bicyclic) bond motifs is 1. The summed E-state index contributed by atoms with van der Waals surface area (Å²) in [6.45, 7) is 15.4. The Morgan fingerprint density at radius 2 is 1.32 bits per heavy atom. The van der Waals surface area contributed by atoms with Gasteiger partial charge >= 0.3 is 0 Å². The Labute approximate surface area is 209 Å². The van der Waals surface area contributed by atoms with Crippen LogP contribution in [-0.2, 0) is 4.43 Å². The highest BCUT2D eigenvalue weighted by Crippen LogP contribution is 2.53. The molecule has 186 valence electrons. The molecule has 1 N–H and O–H groups in total. The van der Waals surface area contributed by atoms with Gasteiger partial charge in [0.1, 0.15) is 0 Å². The summed E-state index contributed by atoms with van der Waals surface area (Å²) in [6.07, 6.45) is 3.92. The molecule has 2 fully saturated rings. The fourth-order valence-electron chi connectivity index (χ4n) is 7.71. The third-order valence-corrected chi connectivity index (χ3v) is 14.5. The van der Waals surface area contributed by atoms with E-state index < -0.39 is 8.32 Å². The van der Waals surface area contributed by atoms with Crippen molar-refractivity contribution >= 4 is 18.7 Å². The van der Waals surface area contributed by atoms with Crippen LogP contribution in [-0.4, -0.2) is 26.6 Å². The van der Waals surface area contributed by atoms with E-state index >= 15 is 0 Å². The van der Waals surface area contributed by atoms with Crippen LogP contribution in [0.3, 0.4) is 0 Å². The molecule has 34 heavy (non-hydrogen) atoms. The Morgan fingerprint density at radius 1 is 0.794 bits per heavy atom. The lowest BCUT2D eigenvalue weighted by Gasteiger charge is -2.54. The van der Waals surface area contributed by atoms with Crippen molar-refractivity contribution in [1.82, 2.24) is 0 Å². The molecular formula is C31H46O2Si. The molecule has 7 atom stereocenters. The summed E-state index contributed by atoms with van der Waals surface area (Å²) < 4.78 is 7.45. The quantitative estimate of drug-likeness (QED) is 0.506. The first-order valence-corrected chi connectivity index (χ1v) is 15.5. The highest BCUT2D eigenvalue weighted by Gasteiger charge is 2.53. The van der Waals surface area contributed by atoms with Gasteiger partial charge in [-0.1, -0.05) is 115 Å². The molecule has 0 spiro atoms. The predicted molar refractivity (Wildman–Crippen MR) is 146 cm³/mol. The smallest absolute Gasteiger partial charge is 0.261 e. The Bertz CT molecular complexity index is 867. The molecule has 0 amide bonds. The second kappa shape index (κ2) is 10.3. The molecule has 2 aromatic carbocycles. The van der Waals surface area contributed by atoms with Gasteiger partial charge in [0.25, 0.3) is 8.32 Å². The minimum atomic E-state index is -2.57. The second-order valence-corrected chi connectivity index (χ2v) is 16.8. The second-order valence-electron chi connectivity index (χ2n) is 12.5. The van der Waals surface area contributed by atoms with Crippen molar-refractivity contribution in [2.24, 2.45) is 41.4 Å². The van der Waals surface area contributed by atoms with Gasteiger partial charge in [-0.15, -0.1) is 0 Å². The lowest BCUT2D eigenvalue weighted by Crippen LogP contribution is -2.67. The maximum Gasteiger partial charge on any atom is 0.261 e. The van der Waals surface area contributed by atoms with Crippen LogP contribution in [0.4, 0.5) is 0 Å². The van der Waals surface area contributed by atoms with Crippen LogP contribution >= 0.6 is 0 Å². The largest absolute Gasteiger partial charge is 0.407 e. The summed E-state index contributed by atoms with van der Waals surface area (Å²) in [7, 11) is -2.57. The van der Waals surface area contributed by atoms with Crippen molar-refractivity contribution < 1.29 is 9.53 Å². The molecule has 2 aliphatic carbocycles. The van der Waals surface area contributed by atoms with E-state index in [1.807, 2.05) is 0 Å². The third kappa shape index (κ3) is 4.56. The van der Waals surface area contributed by atoms with E-state index in [9.17, 15) is 5.11 Å². The Hall–Kier alpha value is -1.42. The van der Waals surface area contributed by atoms with E-state index in [2.05, 4.69) is 102 Å². The summed E-state index contributed by atoms with van der Waals surface area (Å²) in [5.41, 5.74) is 0. The summed E-state index contributed by atoms with van der Waals surface area (Å²) >= 11 is 0. The lowest BCUT2D eigenvalue weighted by atomic mass is 9.53. The Kier molecular flexibility index (Phi) is 7.76. The van der Waals surface area contributed by atoms with Crippen molar-refractivity contribution in [1.29, 1.82) is 0 Å². The van der Waals surface area contributed by atoms with E-state index in [1.54, 1.807) is 0 Å². The lowest BCUT2D eigenvalue weighted by molar-refractivity contribution is -0.0725. The van der Waals surface area contributed by atoms with E-state index in [1.165, 1.54) is 29.6 Å². The van der Waals surface area contributed by atoms with Crippen LogP contribution in [0, 0.1) is 41.4 Å². The summed E-state index contributed by atoms with van der Waals surface area (Å²) in [4.78, 5) is 0. The monoisotopic (exact) mass is 478 g/mol. The van der Waals surface area contributed by atoms with Gasteiger partial charge in [-0.25, -0.2) is 0 Å². The molecule has 4 rings (SSSR count). The van der Waals surface area contributed by atoms with Gasteiger partial charge < -0.3 is 9.53 Å². The molecule has 0 bridgehead atoms. The number of aliphatic hydroxyl groups excluding tert-OH is 1. The molecule has 2 nitrogen and oxygen atoms in total. The Morgan fingerprint density at radius 3 is 1.82 bits per heavy atom. The first-order chi connectivity index (χ1) is 16.2. The molecule has 2 aliphatic rings. The van der Waals surface area contributed by atoms with Crippen molar-refractivity contribution in [3.05, 3.63) is 60.7 Å². The average molecular weight is 479 g/mol. The van der Waals surface area contributed by atoms with Gasteiger partial charge in [-0.3, -0.25) is 0 Å². The number of hydrogen-bond acceptors (Lipinski definition) is 2. The highest BCUT2D eigenvalue weighted by molar-refractivity contribution is 6.99. The first-order valence-electron chi connectivity index (χ1n) is 13.6. The van der Waals surface area contributed by atoms with Crippen LogP contribution < -0.4 is 10.4 Å². The first kappa shape index (κ1) is 25.7. The van der Waals surface area contributed by atoms with Gasteiger partial charge in [0.2, 0.25) is 0 Å². The number of benzene rings is 2. The summed E-state index contributed by atoms with van der Waals surface area (Å²) in [5, 5.41) is 13.2. The molecule has 0 aliphatic heterocycles. The summed E-state index contributed by atoms with van der Waals surface area (Å²) in [6, 6.07) is 22.0. The zero-order valence-corrected chi connectivity index (χ0v) is 23.2. The van der Waals surface area contributed by atoms with Gasteiger partial charge in [0.05, 0.1) is 0 Å². The van der Waals surface area contributed by atoms with E-state index in [4.69, 9.17) is 4.43 Å². The molecule has 2 aromatic rings. The van der Waals surface area contributed by atoms with Crippen molar-refractivity contribution in [3.8, 4) is 0 Å². The van der Waals surface area contributed by atoms with E-state index in [0.29, 0.717) is 29.6 Å². The van der Waals surface area contributed by atoms with Crippen molar-refractivity contribution in [2.45, 2.75) is 65.8 Å². The standard InChI is InChI=1S/C31H46O2Si/c1-22-17-18-23(2)30-27(22)19-24(3)28(20-32)29(30)21-33-34(31(4,5)6,25-13-9-7-10-14-25)26-15-11-8-12-16-26/h7-16,22-24,27-30,32H,17-21H2,1-6H3/t22-,23-,24-,27-,28+,29+,30+/m0/s1. The molecule has 0 unspecified atom stereocenters. The SMILES string of the molecule is C[C@H]1CC[C@H](C)[C@H]2[C@H](CO[Si](c3ccccc3)(c3ccccc3)C(C)(C)C)[C@H](CO)[C@@H](C)C[C@H]21.